The van der Waals surface area contributed by atoms with E-state index in [9.17, 15) is 5.11 Å². The molecule has 4 rings (SSSR count). The van der Waals surface area contributed by atoms with Crippen LogP contribution in [0.2, 0.25) is 0 Å². The number of aromatic hydroxyl groups is 1. The average Bonchev–Trinajstić information content (AvgIpc) is 3.40. The van der Waals surface area contributed by atoms with Crippen LogP contribution < -0.4 is 0 Å². The molecule has 200 valence electrons. The Bertz CT molecular complexity index is 838. The van der Waals surface area contributed by atoms with Crippen molar-refractivity contribution in [3.63, 3.8) is 0 Å². The Labute approximate surface area is 218 Å². The Kier molecular flexibility index (Phi) is 9.10. The molecule has 0 aromatic heterocycles. The van der Waals surface area contributed by atoms with Crippen molar-refractivity contribution in [1.82, 2.24) is 4.90 Å². The van der Waals surface area contributed by atoms with Gasteiger partial charge in [0.2, 0.25) is 0 Å². The summed E-state index contributed by atoms with van der Waals surface area (Å²) in [5.41, 5.74) is 4.81. The van der Waals surface area contributed by atoms with Gasteiger partial charge in [-0.1, -0.05) is 74.3 Å². The standard InChI is InChI=1S/C31H51NO.C2H6/c1-9-10-24(18-30(6,7)8)17-27-23(5)32(19-25-15-21(25)3)14-13-31(27)22(4)16-26-28(33)12-11-20(2)29(26)31;1-2/h11-12,21-25,27,33H,9-10,13-19H2,1-8H3;1-2H3/t21?,22-,23?,24?,25?,27?,31?;/m1./s1. The van der Waals surface area contributed by atoms with Crippen molar-refractivity contribution in [2.45, 2.75) is 126 Å². The third-order valence-electron chi connectivity index (χ3n) is 9.91. The van der Waals surface area contributed by atoms with E-state index >= 15 is 0 Å². The fourth-order valence-electron chi connectivity index (χ4n) is 8.22. The lowest BCUT2D eigenvalue weighted by atomic mass is 9.56. The van der Waals surface area contributed by atoms with Crippen LogP contribution >= 0.6 is 0 Å². The summed E-state index contributed by atoms with van der Waals surface area (Å²) in [5, 5.41) is 10.9. The van der Waals surface area contributed by atoms with E-state index in [0.29, 0.717) is 29.0 Å². The van der Waals surface area contributed by atoms with Gasteiger partial charge in [0.15, 0.2) is 0 Å². The van der Waals surface area contributed by atoms with E-state index in [0.717, 1.165) is 24.2 Å². The molecular formula is C33H57NO. The largest absolute Gasteiger partial charge is 0.508 e. The normalized spacial score (nSPS) is 33.3. The quantitative estimate of drug-likeness (QED) is 0.419. The molecule has 0 radical (unpaired) electrons. The van der Waals surface area contributed by atoms with Gasteiger partial charge in [-0.3, -0.25) is 0 Å². The van der Waals surface area contributed by atoms with E-state index in [4.69, 9.17) is 0 Å². The maximum Gasteiger partial charge on any atom is 0.119 e. The highest BCUT2D eigenvalue weighted by Gasteiger charge is 2.56. The van der Waals surface area contributed by atoms with Gasteiger partial charge in [-0.25, -0.2) is 0 Å². The van der Waals surface area contributed by atoms with Crippen LogP contribution in [0.25, 0.3) is 0 Å². The second-order valence-electron chi connectivity index (χ2n) is 13.6. The summed E-state index contributed by atoms with van der Waals surface area (Å²) in [4.78, 5) is 2.87. The summed E-state index contributed by atoms with van der Waals surface area (Å²) in [7, 11) is 0. The summed E-state index contributed by atoms with van der Waals surface area (Å²) < 4.78 is 0. The van der Waals surface area contributed by atoms with E-state index < -0.39 is 0 Å². The Morgan fingerprint density at radius 2 is 1.80 bits per heavy atom. The van der Waals surface area contributed by atoms with E-state index in [1.165, 1.54) is 68.3 Å². The van der Waals surface area contributed by atoms with Gasteiger partial charge in [-0.05, 0) is 110 Å². The lowest BCUT2D eigenvalue weighted by Gasteiger charge is -2.55. The number of phenols is 1. The fourth-order valence-corrected chi connectivity index (χ4v) is 8.22. The number of benzene rings is 1. The first-order chi connectivity index (χ1) is 16.5. The third-order valence-corrected chi connectivity index (χ3v) is 9.91. The highest BCUT2D eigenvalue weighted by Crippen LogP contribution is 2.59. The van der Waals surface area contributed by atoms with Crippen molar-refractivity contribution >= 4 is 0 Å². The summed E-state index contributed by atoms with van der Waals surface area (Å²) in [6.07, 6.45) is 9.01. The molecule has 2 fully saturated rings. The topological polar surface area (TPSA) is 23.5 Å². The lowest BCUT2D eigenvalue weighted by molar-refractivity contribution is -0.00582. The molecule has 1 aromatic carbocycles. The number of aryl methyl sites for hydroxylation is 1. The minimum absolute atomic E-state index is 0.215. The van der Waals surface area contributed by atoms with E-state index in [1.807, 2.05) is 19.9 Å². The minimum Gasteiger partial charge on any atom is -0.508 e. The lowest BCUT2D eigenvalue weighted by Crippen LogP contribution is -2.57. The van der Waals surface area contributed by atoms with Gasteiger partial charge in [0.1, 0.15) is 5.75 Å². The molecular weight excluding hydrogens is 426 g/mol. The average molecular weight is 484 g/mol. The first-order valence-corrected chi connectivity index (χ1v) is 15.0. The van der Waals surface area contributed by atoms with E-state index in [2.05, 4.69) is 66.4 Å². The van der Waals surface area contributed by atoms with Crippen molar-refractivity contribution in [2.24, 2.45) is 35.0 Å². The van der Waals surface area contributed by atoms with Gasteiger partial charge in [0.25, 0.3) is 0 Å². The van der Waals surface area contributed by atoms with E-state index in [-0.39, 0.29) is 5.41 Å². The third kappa shape index (κ3) is 5.78. The molecule has 1 saturated heterocycles. The van der Waals surface area contributed by atoms with Crippen LogP contribution in [0.4, 0.5) is 0 Å². The van der Waals surface area contributed by atoms with Crippen LogP contribution in [-0.4, -0.2) is 29.1 Å². The Balaban J connectivity index is 0.00000167. The molecule has 0 bridgehead atoms. The van der Waals surface area contributed by atoms with Gasteiger partial charge in [-0.15, -0.1) is 0 Å². The Morgan fingerprint density at radius 3 is 2.37 bits per heavy atom. The van der Waals surface area contributed by atoms with Gasteiger partial charge in [0, 0.05) is 18.0 Å². The molecule has 1 spiro atoms. The molecule has 1 aliphatic heterocycles. The summed E-state index contributed by atoms with van der Waals surface area (Å²) in [6.45, 7) is 25.9. The molecule has 6 unspecified atom stereocenters. The first kappa shape index (κ1) is 28.5. The number of hydrogen-bond acceptors (Lipinski definition) is 2. The summed E-state index contributed by atoms with van der Waals surface area (Å²) >= 11 is 0. The van der Waals surface area contributed by atoms with Gasteiger partial charge >= 0.3 is 0 Å². The van der Waals surface area contributed by atoms with Crippen molar-refractivity contribution in [1.29, 1.82) is 0 Å². The zero-order valence-electron chi connectivity index (χ0n) is 24.9. The van der Waals surface area contributed by atoms with E-state index in [1.54, 1.807) is 0 Å². The predicted octanol–water partition coefficient (Wildman–Crippen LogP) is 8.77. The number of hydrogen-bond donors (Lipinski definition) is 1. The van der Waals surface area contributed by atoms with Crippen LogP contribution in [-0.2, 0) is 11.8 Å². The highest BCUT2D eigenvalue weighted by atomic mass is 16.3. The van der Waals surface area contributed by atoms with Crippen molar-refractivity contribution in [3.8, 4) is 5.75 Å². The number of phenolic OH excluding ortho intramolecular Hbond substituents is 1. The number of rotatable bonds is 7. The second kappa shape index (κ2) is 11.2. The number of nitrogens with zero attached hydrogens (tertiary/aromatic N) is 1. The molecule has 2 nitrogen and oxygen atoms in total. The molecule has 1 heterocycles. The monoisotopic (exact) mass is 483 g/mol. The predicted molar refractivity (Wildman–Crippen MR) is 152 cm³/mol. The van der Waals surface area contributed by atoms with Crippen LogP contribution in [0, 0.1) is 41.9 Å². The van der Waals surface area contributed by atoms with Gasteiger partial charge in [0.05, 0.1) is 0 Å². The molecule has 0 amide bonds. The summed E-state index contributed by atoms with van der Waals surface area (Å²) in [6, 6.07) is 4.75. The molecule has 35 heavy (non-hydrogen) atoms. The number of piperidine rings is 1. The SMILES string of the molecule is CC.CCCC(CC1C(C)N(CC2CC2C)CCC12c1c(C)ccc(O)c1C[C@H]2C)CC(C)(C)C. The van der Waals surface area contributed by atoms with Crippen molar-refractivity contribution in [3.05, 3.63) is 28.8 Å². The zero-order valence-corrected chi connectivity index (χ0v) is 24.9. The maximum atomic E-state index is 10.9. The van der Waals surface area contributed by atoms with Gasteiger partial charge < -0.3 is 10.0 Å². The molecule has 2 aliphatic carbocycles. The van der Waals surface area contributed by atoms with Gasteiger partial charge in [-0.2, -0.15) is 0 Å². The van der Waals surface area contributed by atoms with Crippen LogP contribution in [0.5, 0.6) is 5.75 Å². The number of fused-ring (bicyclic) bond motifs is 2. The molecule has 1 saturated carbocycles. The minimum atomic E-state index is 0.215. The smallest absolute Gasteiger partial charge is 0.119 e. The number of likely N-dealkylation sites (tertiary alicyclic amines) is 1. The molecule has 3 aliphatic rings. The Morgan fingerprint density at radius 1 is 1.14 bits per heavy atom. The van der Waals surface area contributed by atoms with Crippen molar-refractivity contribution < 1.29 is 5.11 Å². The Hall–Kier alpha value is -1.02. The zero-order chi connectivity index (χ0) is 26.1. The highest BCUT2D eigenvalue weighted by molar-refractivity contribution is 5.53. The molecule has 2 heteroatoms. The van der Waals surface area contributed by atoms with Crippen LogP contribution in [0.15, 0.2) is 12.1 Å². The first-order valence-electron chi connectivity index (χ1n) is 15.0. The summed E-state index contributed by atoms with van der Waals surface area (Å²) in [5.74, 6) is 4.43. The molecule has 7 atom stereocenters. The molecule has 1 N–H and O–H groups in total. The second-order valence-corrected chi connectivity index (χ2v) is 13.6. The van der Waals surface area contributed by atoms with Crippen molar-refractivity contribution in [2.75, 3.05) is 13.1 Å². The fraction of sp³-hybridized carbons (Fsp3) is 0.818. The van der Waals surface area contributed by atoms with Crippen LogP contribution in [0.3, 0.4) is 0 Å². The molecule has 1 aromatic rings. The van der Waals surface area contributed by atoms with Crippen LogP contribution in [0.1, 0.15) is 118 Å². The maximum absolute atomic E-state index is 10.9.